The molecule has 1 fully saturated rings. The van der Waals surface area contributed by atoms with Crippen LogP contribution in [0.4, 0.5) is 13.2 Å². The summed E-state index contributed by atoms with van der Waals surface area (Å²) in [5.74, 6) is -1.27. The second-order valence-corrected chi connectivity index (χ2v) is 7.82. The van der Waals surface area contributed by atoms with Crippen molar-refractivity contribution in [2.24, 2.45) is 0 Å². The van der Waals surface area contributed by atoms with E-state index in [4.69, 9.17) is 0 Å². The first-order chi connectivity index (χ1) is 10.5. The van der Waals surface area contributed by atoms with Crippen molar-refractivity contribution < 1.29 is 31.5 Å². The molecule has 1 aromatic carbocycles. The molecule has 23 heavy (non-hydrogen) atoms. The molecule has 0 radical (unpaired) electrons. The lowest BCUT2D eigenvalue weighted by molar-refractivity contribution is -0.142. The Bertz CT molecular complexity index is 720. The van der Waals surface area contributed by atoms with Crippen molar-refractivity contribution in [2.45, 2.75) is 36.4 Å². The van der Waals surface area contributed by atoms with Crippen molar-refractivity contribution in [3.05, 3.63) is 28.2 Å². The molecular formula is C13H13BrF3NO4S. The minimum Gasteiger partial charge on any atom is -0.480 e. The topological polar surface area (TPSA) is 74.7 Å². The minimum atomic E-state index is -4.60. The number of carboxylic acid groups (broad SMARTS) is 1. The zero-order valence-electron chi connectivity index (χ0n) is 11.7. The number of hydrogen-bond acceptors (Lipinski definition) is 3. The molecule has 5 nitrogen and oxygen atoms in total. The Morgan fingerprint density at radius 2 is 1.96 bits per heavy atom. The molecular weight excluding hydrogens is 403 g/mol. The van der Waals surface area contributed by atoms with Crippen molar-refractivity contribution in [1.82, 2.24) is 4.31 Å². The number of aliphatic carboxylic acids is 1. The first kappa shape index (κ1) is 18.2. The maximum absolute atomic E-state index is 12.7. The smallest absolute Gasteiger partial charge is 0.416 e. The molecule has 1 unspecified atom stereocenters. The number of rotatable bonds is 3. The summed E-state index contributed by atoms with van der Waals surface area (Å²) in [6.07, 6.45) is -3.34. The normalized spacial score (nSPS) is 20.4. The van der Waals surface area contributed by atoms with E-state index in [9.17, 15) is 31.5 Å². The number of sulfonamides is 1. The van der Waals surface area contributed by atoms with Crippen molar-refractivity contribution in [1.29, 1.82) is 0 Å². The van der Waals surface area contributed by atoms with Gasteiger partial charge in [0.2, 0.25) is 10.0 Å². The quantitative estimate of drug-likeness (QED) is 0.822. The van der Waals surface area contributed by atoms with Gasteiger partial charge in [-0.15, -0.1) is 0 Å². The van der Waals surface area contributed by atoms with E-state index in [1.807, 2.05) is 0 Å². The highest BCUT2D eigenvalue weighted by atomic mass is 79.9. The molecule has 2 rings (SSSR count). The van der Waals surface area contributed by atoms with Crippen LogP contribution >= 0.6 is 15.9 Å². The molecule has 1 N–H and O–H groups in total. The highest BCUT2D eigenvalue weighted by molar-refractivity contribution is 9.10. The van der Waals surface area contributed by atoms with E-state index in [0.717, 1.165) is 10.4 Å². The van der Waals surface area contributed by atoms with Crippen LogP contribution in [0.5, 0.6) is 0 Å². The van der Waals surface area contributed by atoms with E-state index in [1.165, 1.54) is 0 Å². The number of nitrogens with zero attached hydrogens (tertiary/aromatic N) is 1. The number of hydrogen-bond donors (Lipinski definition) is 1. The van der Waals surface area contributed by atoms with Crippen LogP contribution in [0.15, 0.2) is 27.6 Å². The van der Waals surface area contributed by atoms with Crippen LogP contribution in [0.3, 0.4) is 0 Å². The Morgan fingerprint density at radius 3 is 2.48 bits per heavy atom. The zero-order chi connectivity index (χ0) is 17.4. The summed E-state index contributed by atoms with van der Waals surface area (Å²) in [7, 11) is -4.21. The minimum absolute atomic E-state index is 0.0206. The summed E-state index contributed by atoms with van der Waals surface area (Å²) < 4.78 is 63.8. The Labute approximate surface area is 139 Å². The molecule has 0 saturated carbocycles. The first-order valence-electron chi connectivity index (χ1n) is 6.66. The molecule has 1 saturated heterocycles. The predicted octanol–water partition coefficient (Wildman–Crippen LogP) is 3.10. The molecule has 1 aliphatic heterocycles. The number of piperidine rings is 1. The summed E-state index contributed by atoms with van der Waals surface area (Å²) in [6, 6.07) is 0.975. The van der Waals surface area contributed by atoms with Gasteiger partial charge < -0.3 is 5.11 Å². The van der Waals surface area contributed by atoms with E-state index < -0.39 is 33.8 Å². The Morgan fingerprint density at radius 1 is 1.30 bits per heavy atom. The summed E-state index contributed by atoms with van der Waals surface area (Å²) in [4.78, 5) is 10.9. The van der Waals surface area contributed by atoms with Gasteiger partial charge in [0, 0.05) is 11.0 Å². The van der Waals surface area contributed by atoms with Gasteiger partial charge >= 0.3 is 12.1 Å². The standard InChI is InChI=1S/C13H13BrF3NO4S/c14-9-7-8(13(15,16)17)4-5-11(9)23(21,22)18-6-2-1-3-10(18)12(19)20/h4-5,7,10H,1-3,6H2,(H,19,20). The monoisotopic (exact) mass is 415 g/mol. The fraction of sp³-hybridized carbons (Fsp3) is 0.462. The van der Waals surface area contributed by atoms with Crippen molar-refractivity contribution >= 4 is 31.9 Å². The Balaban J connectivity index is 2.45. The van der Waals surface area contributed by atoms with Crippen LogP contribution in [0, 0.1) is 0 Å². The first-order valence-corrected chi connectivity index (χ1v) is 8.90. The second-order valence-electron chi connectivity index (χ2n) is 5.11. The van der Waals surface area contributed by atoms with Crippen LogP contribution < -0.4 is 0 Å². The lowest BCUT2D eigenvalue weighted by Gasteiger charge is -2.32. The Hall–Kier alpha value is -1.13. The highest BCUT2D eigenvalue weighted by Gasteiger charge is 2.39. The highest BCUT2D eigenvalue weighted by Crippen LogP contribution is 2.35. The van der Waals surface area contributed by atoms with Gasteiger partial charge in [-0.1, -0.05) is 0 Å². The second kappa shape index (κ2) is 6.40. The van der Waals surface area contributed by atoms with E-state index in [0.29, 0.717) is 25.0 Å². The van der Waals surface area contributed by atoms with Crippen molar-refractivity contribution in [3.63, 3.8) is 0 Å². The van der Waals surface area contributed by atoms with Gasteiger partial charge in [0.25, 0.3) is 0 Å². The van der Waals surface area contributed by atoms with Gasteiger partial charge in [-0.25, -0.2) is 8.42 Å². The zero-order valence-corrected chi connectivity index (χ0v) is 14.1. The van der Waals surface area contributed by atoms with Crippen molar-refractivity contribution in [3.8, 4) is 0 Å². The number of halogens is 4. The van der Waals surface area contributed by atoms with Gasteiger partial charge in [-0.3, -0.25) is 4.79 Å². The van der Waals surface area contributed by atoms with Crippen molar-refractivity contribution in [2.75, 3.05) is 6.54 Å². The van der Waals surface area contributed by atoms with Crippen LogP contribution in [-0.4, -0.2) is 36.4 Å². The molecule has 1 aliphatic rings. The average Bonchev–Trinajstić information content (AvgIpc) is 2.45. The van der Waals surface area contributed by atoms with Crippen LogP contribution in [-0.2, 0) is 21.0 Å². The number of benzene rings is 1. The third-order valence-electron chi connectivity index (χ3n) is 3.58. The Kier molecular flexibility index (Phi) is 5.07. The van der Waals surface area contributed by atoms with E-state index in [2.05, 4.69) is 15.9 Å². The molecule has 0 bridgehead atoms. The van der Waals surface area contributed by atoms with Crippen LogP contribution in [0.1, 0.15) is 24.8 Å². The third-order valence-corrected chi connectivity index (χ3v) is 6.47. The molecule has 1 atom stereocenters. The van der Waals surface area contributed by atoms with Gasteiger partial charge in [0.1, 0.15) is 6.04 Å². The summed E-state index contributed by atoms with van der Waals surface area (Å²) in [5, 5.41) is 9.17. The van der Waals surface area contributed by atoms with Crippen LogP contribution in [0.2, 0.25) is 0 Å². The summed E-state index contributed by atoms with van der Waals surface area (Å²) >= 11 is 2.85. The molecule has 0 aliphatic carbocycles. The average molecular weight is 416 g/mol. The van der Waals surface area contributed by atoms with Gasteiger partial charge in [-0.2, -0.15) is 17.5 Å². The predicted molar refractivity (Wildman–Crippen MR) is 78.3 cm³/mol. The third kappa shape index (κ3) is 3.69. The molecule has 128 valence electrons. The lowest BCUT2D eigenvalue weighted by Crippen LogP contribution is -2.47. The fourth-order valence-electron chi connectivity index (χ4n) is 2.45. The fourth-order valence-corrected chi connectivity index (χ4v) is 5.14. The number of alkyl halides is 3. The summed E-state index contributed by atoms with van der Waals surface area (Å²) in [5.41, 5.74) is -0.989. The van der Waals surface area contributed by atoms with Gasteiger partial charge in [0.15, 0.2) is 0 Å². The van der Waals surface area contributed by atoms with Crippen LogP contribution in [0.25, 0.3) is 0 Å². The maximum Gasteiger partial charge on any atom is 0.416 e. The molecule has 0 spiro atoms. The lowest BCUT2D eigenvalue weighted by atomic mass is 10.1. The summed E-state index contributed by atoms with van der Waals surface area (Å²) in [6.45, 7) is 0.0206. The molecule has 1 aromatic rings. The van der Waals surface area contributed by atoms with E-state index in [-0.39, 0.29) is 22.3 Å². The van der Waals surface area contributed by atoms with E-state index in [1.54, 1.807) is 0 Å². The van der Waals surface area contributed by atoms with Gasteiger partial charge in [0.05, 0.1) is 10.5 Å². The molecule has 10 heteroatoms. The number of carboxylic acids is 1. The SMILES string of the molecule is O=C(O)C1CCCCN1S(=O)(=O)c1ccc(C(F)(F)F)cc1Br. The van der Waals surface area contributed by atoms with Gasteiger partial charge in [-0.05, 0) is 53.4 Å². The molecule has 0 aromatic heterocycles. The molecule has 1 heterocycles. The number of carbonyl (C=O) groups is 1. The van der Waals surface area contributed by atoms with E-state index >= 15 is 0 Å². The molecule has 0 amide bonds. The largest absolute Gasteiger partial charge is 0.480 e. The maximum atomic E-state index is 12.7.